The molecule has 106 valence electrons. The average molecular weight is 282 g/mol. The van der Waals surface area contributed by atoms with Crippen LogP contribution in [-0.2, 0) is 16.1 Å². The molecule has 0 spiro atoms. The molecular weight excluding hydrogens is 260 g/mol. The molecule has 5 heteroatoms. The molecule has 1 rings (SSSR count). The maximum Gasteiger partial charge on any atom is 0.237 e. The molecule has 0 heterocycles. The van der Waals surface area contributed by atoms with Crippen LogP contribution < -0.4 is 11.1 Å². The number of hydrogen-bond donors (Lipinski definition) is 2. The van der Waals surface area contributed by atoms with Crippen LogP contribution in [0.3, 0.4) is 0 Å². The number of hydrogen-bond acceptors (Lipinski definition) is 4. The molecule has 0 bridgehead atoms. The highest BCUT2D eigenvalue weighted by molar-refractivity contribution is 7.98. The van der Waals surface area contributed by atoms with Gasteiger partial charge in [-0.2, -0.15) is 11.8 Å². The minimum absolute atomic E-state index is 0.0997. The van der Waals surface area contributed by atoms with Crippen LogP contribution in [0.4, 0.5) is 0 Å². The van der Waals surface area contributed by atoms with Crippen LogP contribution in [0.15, 0.2) is 30.3 Å². The summed E-state index contributed by atoms with van der Waals surface area (Å²) in [7, 11) is 0. The highest BCUT2D eigenvalue weighted by Crippen LogP contribution is 2.00. The van der Waals surface area contributed by atoms with Crippen LogP contribution in [0.5, 0.6) is 0 Å². The molecule has 1 amide bonds. The predicted molar refractivity (Wildman–Crippen MR) is 80.1 cm³/mol. The van der Waals surface area contributed by atoms with Crippen molar-refractivity contribution in [1.82, 2.24) is 5.32 Å². The van der Waals surface area contributed by atoms with Crippen molar-refractivity contribution < 1.29 is 9.53 Å². The Morgan fingerprint density at radius 1 is 1.42 bits per heavy atom. The summed E-state index contributed by atoms with van der Waals surface area (Å²) in [5, 5.41) is 2.78. The second kappa shape index (κ2) is 9.83. The Kier molecular flexibility index (Phi) is 8.29. The molecule has 0 fully saturated rings. The number of rotatable bonds is 9. The number of thioether (sulfide) groups is 1. The van der Waals surface area contributed by atoms with E-state index in [2.05, 4.69) is 5.32 Å². The van der Waals surface area contributed by atoms with Gasteiger partial charge in [0.1, 0.15) is 0 Å². The summed E-state index contributed by atoms with van der Waals surface area (Å²) >= 11 is 1.69. The largest absolute Gasteiger partial charge is 0.375 e. The highest BCUT2D eigenvalue weighted by Gasteiger charge is 2.11. The molecule has 0 radical (unpaired) electrons. The fourth-order valence-corrected chi connectivity index (χ4v) is 2.01. The van der Waals surface area contributed by atoms with E-state index in [-0.39, 0.29) is 5.91 Å². The molecule has 1 aromatic rings. The summed E-state index contributed by atoms with van der Waals surface area (Å²) in [6, 6.07) is 9.53. The van der Waals surface area contributed by atoms with Crippen LogP contribution in [0.2, 0.25) is 0 Å². The van der Waals surface area contributed by atoms with Gasteiger partial charge in [0.15, 0.2) is 0 Å². The molecule has 0 saturated heterocycles. The number of carbonyl (C=O) groups is 1. The smallest absolute Gasteiger partial charge is 0.237 e. The Morgan fingerprint density at radius 3 is 2.84 bits per heavy atom. The fourth-order valence-electron chi connectivity index (χ4n) is 1.52. The summed E-state index contributed by atoms with van der Waals surface area (Å²) in [6.45, 7) is 1.56. The lowest BCUT2D eigenvalue weighted by Crippen LogP contribution is -2.42. The minimum atomic E-state index is -0.415. The third-order valence-corrected chi connectivity index (χ3v) is 3.27. The zero-order valence-corrected chi connectivity index (χ0v) is 12.1. The Balaban J connectivity index is 2.05. The minimum Gasteiger partial charge on any atom is -0.375 e. The molecule has 0 unspecified atom stereocenters. The van der Waals surface area contributed by atoms with E-state index in [0.29, 0.717) is 26.2 Å². The SMILES string of the molecule is CSCC[C@H](N)C(=O)NCCOCc1ccccc1. The second-order valence-corrected chi connectivity index (χ2v) is 5.20. The summed E-state index contributed by atoms with van der Waals surface area (Å²) in [4.78, 5) is 11.6. The van der Waals surface area contributed by atoms with Crippen LogP contribution in [0.1, 0.15) is 12.0 Å². The normalized spacial score (nSPS) is 12.1. The highest BCUT2D eigenvalue weighted by atomic mass is 32.2. The van der Waals surface area contributed by atoms with Crippen molar-refractivity contribution in [2.75, 3.05) is 25.2 Å². The molecule has 0 aliphatic rings. The fraction of sp³-hybridized carbons (Fsp3) is 0.500. The van der Waals surface area contributed by atoms with Gasteiger partial charge in [0.05, 0.1) is 19.3 Å². The number of benzene rings is 1. The first kappa shape index (κ1) is 16.0. The Bertz CT molecular complexity index is 360. The molecule has 3 N–H and O–H groups in total. The van der Waals surface area contributed by atoms with Gasteiger partial charge in [0.25, 0.3) is 0 Å². The zero-order chi connectivity index (χ0) is 13.9. The first-order valence-corrected chi connectivity index (χ1v) is 7.77. The maximum atomic E-state index is 11.6. The second-order valence-electron chi connectivity index (χ2n) is 4.22. The molecule has 0 saturated carbocycles. The first-order chi connectivity index (χ1) is 9.24. The molecule has 4 nitrogen and oxygen atoms in total. The van der Waals surface area contributed by atoms with E-state index in [1.165, 1.54) is 0 Å². The van der Waals surface area contributed by atoms with Crippen molar-refractivity contribution >= 4 is 17.7 Å². The van der Waals surface area contributed by atoms with Crippen molar-refractivity contribution in [3.05, 3.63) is 35.9 Å². The number of carbonyl (C=O) groups excluding carboxylic acids is 1. The van der Waals surface area contributed by atoms with E-state index < -0.39 is 6.04 Å². The van der Waals surface area contributed by atoms with E-state index >= 15 is 0 Å². The Morgan fingerprint density at radius 2 is 2.16 bits per heavy atom. The molecule has 1 atom stereocenters. The van der Waals surface area contributed by atoms with E-state index in [1.807, 2.05) is 36.6 Å². The maximum absolute atomic E-state index is 11.6. The van der Waals surface area contributed by atoms with Crippen molar-refractivity contribution in [3.8, 4) is 0 Å². The van der Waals surface area contributed by atoms with Gasteiger partial charge in [-0.1, -0.05) is 30.3 Å². The Hall–Kier alpha value is -1.04. The van der Waals surface area contributed by atoms with Crippen molar-refractivity contribution in [1.29, 1.82) is 0 Å². The summed E-state index contributed by atoms with van der Waals surface area (Å²) in [5.41, 5.74) is 6.87. The van der Waals surface area contributed by atoms with Crippen LogP contribution in [0.25, 0.3) is 0 Å². The third kappa shape index (κ3) is 7.20. The number of nitrogens with two attached hydrogens (primary N) is 1. The quantitative estimate of drug-likeness (QED) is 0.672. The predicted octanol–water partition coefficient (Wildman–Crippen LogP) is 1.40. The molecule has 0 aromatic heterocycles. The van der Waals surface area contributed by atoms with Crippen LogP contribution in [-0.4, -0.2) is 37.1 Å². The monoisotopic (exact) mass is 282 g/mol. The van der Waals surface area contributed by atoms with Gasteiger partial charge < -0.3 is 15.8 Å². The first-order valence-electron chi connectivity index (χ1n) is 6.38. The van der Waals surface area contributed by atoms with E-state index in [1.54, 1.807) is 11.8 Å². The summed E-state index contributed by atoms with van der Waals surface area (Å²) < 4.78 is 5.47. The lowest BCUT2D eigenvalue weighted by Gasteiger charge is -2.11. The molecular formula is C14H22N2O2S. The van der Waals surface area contributed by atoms with Crippen LogP contribution >= 0.6 is 11.8 Å². The van der Waals surface area contributed by atoms with Crippen molar-refractivity contribution in [3.63, 3.8) is 0 Å². The standard InChI is InChI=1S/C14H22N2O2S/c1-19-10-7-13(15)14(17)16-8-9-18-11-12-5-3-2-4-6-12/h2-6,13H,7-11,15H2,1H3,(H,16,17)/t13-/m0/s1. The van der Waals surface area contributed by atoms with Crippen molar-refractivity contribution in [2.24, 2.45) is 5.73 Å². The van der Waals surface area contributed by atoms with Gasteiger partial charge in [-0.05, 0) is 24.0 Å². The molecule has 0 aliphatic heterocycles. The zero-order valence-electron chi connectivity index (χ0n) is 11.3. The van der Waals surface area contributed by atoms with Gasteiger partial charge >= 0.3 is 0 Å². The molecule has 1 aromatic carbocycles. The summed E-state index contributed by atoms with van der Waals surface area (Å²) in [6.07, 6.45) is 2.71. The lowest BCUT2D eigenvalue weighted by atomic mass is 10.2. The van der Waals surface area contributed by atoms with Gasteiger partial charge in [-0.15, -0.1) is 0 Å². The molecule has 0 aliphatic carbocycles. The van der Waals surface area contributed by atoms with Gasteiger partial charge in [0.2, 0.25) is 5.91 Å². The molecule has 19 heavy (non-hydrogen) atoms. The van der Waals surface area contributed by atoms with E-state index in [4.69, 9.17) is 10.5 Å². The number of ether oxygens (including phenoxy) is 1. The van der Waals surface area contributed by atoms with E-state index in [0.717, 1.165) is 11.3 Å². The van der Waals surface area contributed by atoms with Gasteiger partial charge in [-0.25, -0.2) is 0 Å². The third-order valence-electron chi connectivity index (χ3n) is 2.63. The van der Waals surface area contributed by atoms with Gasteiger partial charge in [0, 0.05) is 6.54 Å². The lowest BCUT2D eigenvalue weighted by molar-refractivity contribution is -0.122. The summed E-state index contributed by atoms with van der Waals surface area (Å²) in [5.74, 6) is 0.802. The topological polar surface area (TPSA) is 64.4 Å². The average Bonchev–Trinajstić information content (AvgIpc) is 2.45. The number of nitrogens with one attached hydrogen (secondary N) is 1. The Labute approximate surface area is 119 Å². The van der Waals surface area contributed by atoms with Gasteiger partial charge in [-0.3, -0.25) is 4.79 Å². The van der Waals surface area contributed by atoms with E-state index in [9.17, 15) is 4.79 Å². The van der Waals surface area contributed by atoms with Crippen LogP contribution in [0, 0.1) is 0 Å². The van der Waals surface area contributed by atoms with Crippen molar-refractivity contribution in [2.45, 2.75) is 19.1 Å². The number of amides is 1.